The molecule has 1 N–H and O–H groups in total. The van der Waals surface area contributed by atoms with Gasteiger partial charge in [0.05, 0.1) is 12.6 Å². The molecular formula is C18H27NO2. The second kappa shape index (κ2) is 5.98. The molecule has 1 aromatic carbocycles. The molecule has 1 aliphatic heterocycles. The summed E-state index contributed by atoms with van der Waals surface area (Å²) in [5.41, 5.74) is 2.07. The molecule has 0 amide bonds. The number of rotatable bonds is 4. The molecule has 21 heavy (non-hydrogen) atoms. The first kappa shape index (κ1) is 14.9. The summed E-state index contributed by atoms with van der Waals surface area (Å²) < 4.78 is 5.51. The monoisotopic (exact) mass is 289 g/mol. The molecule has 1 saturated heterocycles. The van der Waals surface area contributed by atoms with E-state index in [0.717, 1.165) is 37.2 Å². The summed E-state index contributed by atoms with van der Waals surface area (Å²) in [5.74, 6) is 0.818. The van der Waals surface area contributed by atoms with E-state index in [1.807, 2.05) is 12.1 Å². The zero-order valence-corrected chi connectivity index (χ0v) is 13.3. The first-order valence-electron chi connectivity index (χ1n) is 8.25. The topological polar surface area (TPSA) is 32.7 Å². The van der Waals surface area contributed by atoms with Gasteiger partial charge in [-0.25, -0.2) is 0 Å². The minimum absolute atomic E-state index is 0.0719. The van der Waals surface area contributed by atoms with Crippen molar-refractivity contribution in [2.24, 2.45) is 0 Å². The summed E-state index contributed by atoms with van der Waals surface area (Å²) in [6.07, 6.45) is 6.73. The Morgan fingerprint density at radius 1 is 1.14 bits per heavy atom. The maximum atomic E-state index is 11.2. The van der Waals surface area contributed by atoms with Crippen LogP contribution in [0.25, 0.3) is 0 Å². The quantitative estimate of drug-likeness (QED) is 0.921. The Labute approximate surface area is 127 Å². The fourth-order valence-corrected chi connectivity index (χ4v) is 4.27. The second-order valence-electron chi connectivity index (χ2n) is 6.65. The van der Waals surface area contributed by atoms with Gasteiger partial charge in [-0.2, -0.15) is 0 Å². The Hall–Kier alpha value is -1.06. The number of benzene rings is 1. The first-order valence-corrected chi connectivity index (χ1v) is 8.25. The molecule has 116 valence electrons. The summed E-state index contributed by atoms with van der Waals surface area (Å²) in [7, 11) is 1.69. The van der Waals surface area contributed by atoms with Crippen molar-refractivity contribution in [2.75, 3.05) is 20.2 Å². The highest BCUT2D eigenvalue weighted by molar-refractivity contribution is 5.40. The maximum absolute atomic E-state index is 11.2. The lowest BCUT2D eigenvalue weighted by Crippen LogP contribution is -2.49. The number of aliphatic hydroxyl groups excluding tert-OH is 1. The highest BCUT2D eigenvalue weighted by Crippen LogP contribution is 2.47. The van der Waals surface area contributed by atoms with Gasteiger partial charge in [0.25, 0.3) is 0 Å². The zero-order valence-electron chi connectivity index (χ0n) is 13.3. The van der Waals surface area contributed by atoms with Gasteiger partial charge >= 0.3 is 0 Å². The number of aryl methyl sites for hydroxylation is 1. The molecule has 0 aromatic heterocycles. The van der Waals surface area contributed by atoms with Gasteiger partial charge in [0.15, 0.2) is 0 Å². The number of methoxy groups -OCH3 is 1. The van der Waals surface area contributed by atoms with Gasteiger partial charge in [0, 0.05) is 5.56 Å². The smallest absolute Gasteiger partial charge is 0.124 e. The van der Waals surface area contributed by atoms with E-state index in [4.69, 9.17) is 4.74 Å². The molecule has 0 radical (unpaired) electrons. The van der Waals surface area contributed by atoms with Gasteiger partial charge in [0.2, 0.25) is 0 Å². The average Bonchev–Trinajstić information content (AvgIpc) is 3.18. The van der Waals surface area contributed by atoms with Crippen LogP contribution in [0.3, 0.4) is 0 Å². The van der Waals surface area contributed by atoms with Crippen LogP contribution >= 0.6 is 0 Å². The second-order valence-corrected chi connectivity index (χ2v) is 6.65. The predicted molar refractivity (Wildman–Crippen MR) is 84.7 cm³/mol. The number of hydrogen-bond acceptors (Lipinski definition) is 3. The third-order valence-electron chi connectivity index (χ3n) is 5.39. The van der Waals surface area contributed by atoms with Crippen molar-refractivity contribution in [3.8, 4) is 5.75 Å². The third-order valence-corrected chi connectivity index (χ3v) is 5.39. The van der Waals surface area contributed by atoms with E-state index < -0.39 is 6.10 Å². The van der Waals surface area contributed by atoms with Crippen molar-refractivity contribution in [3.05, 3.63) is 29.3 Å². The van der Waals surface area contributed by atoms with E-state index in [-0.39, 0.29) is 5.54 Å². The van der Waals surface area contributed by atoms with Crippen molar-refractivity contribution in [3.63, 3.8) is 0 Å². The molecule has 1 heterocycles. The molecular weight excluding hydrogens is 262 g/mol. The molecule has 2 fully saturated rings. The Morgan fingerprint density at radius 3 is 2.43 bits per heavy atom. The highest BCUT2D eigenvalue weighted by atomic mass is 16.5. The van der Waals surface area contributed by atoms with Crippen LogP contribution in [0.2, 0.25) is 0 Å². The number of nitrogens with zero attached hydrogens (tertiary/aromatic N) is 1. The van der Waals surface area contributed by atoms with Crippen LogP contribution in [0.4, 0.5) is 0 Å². The molecule has 1 aliphatic carbocycles. The Bertz CT molecular complexity index is 488. The van der Waals surface area contributed by atoms with E-state index in [9.17, 15) is 5.11 Å². The first-order chi connectivity index (χ1) is 10.2. The molecule has 1 aromatic rings. The third kappa shape index (κ3) is 2.58. The Kier molecular flexibility index (Phi) is 4.23. The maximum Gasteiger partial charge on any atom is 0.124 e. The van der Waals surface area contributed by atoms with Gasteiger partial charge in [-0.1, -0.05) is 24.5 Å². The fraction of sp³-hybridized carbons (Fsp3) is 0.667. The van der Waals surface area contributed by atoms with Crippen LogP contribution in [0.1, 0.15) is 55.8 Å². The Balaban J connectivity index is 1.98. The molecule has 3 nitrogen and oxygen atoms in total. The van der Waals surface area contributed by atoms with E-state index in [1.54, 1.807) is 7.11 Å². The molecule has 0 spiro atoms. The average molecular weight is 289 g/mol. The number of likely N-dealkylation sites (tertiary alicyclic amines) is 1. The van der Waals surface area contributed by atoms with Crippen LogP contribution in [0.15, 0.2) is 18.2 Å². The normalized spacial score (nSPS) is 23.4. The SMILES string of the molecule is COc1ccc(C)cc1C(O)C1(N2CCCC2)CCCC1. The van der Waals surface area contributed by atoms with E-state index in [0.29, 0.717) is 0 Å². The van der Waals surface area contributed by atoms with E-state index in [2.05, 4.69) is 17.9 Å². The van der Waals surface area contributed by atoms with E-state index >= 15 is 0 Å². The van der Waals surface area contributed by atoms with Gasteiger partial charge in [-0.05, 0) is 57.8 Å². The number of ether oxygens (including phenoxy) is 1. The van der Waals surface area contributed by atoms with Crippen molar-refractivity contribution in [1.29, 1.82) is 0 Å². The summed E-state index contributed by atoms with van der Waals surface area (Å²) in [6, 6.07) is 6.13. The summed E-state index contributed by atoms with van der Waals surface area (Å²) in [5, 5.41) is 11.2. The fourth-order valence-electron chi connectivity index (χ4n) is 4.27. The largest absolute Gasteiger partial charge is 0.496 e. The molecule has 0 bridgehead atoms. The molecule has 3 heteroatoms. The van der Waals surface area contributed by atoms with Gasteiger partial charge in [-0.15, -0.1) is 0 Å². The van der Waals surface area contributed by atoms with Crippen LogP contribution in [0.5, 0.6) is 5.75 Å². The van der Waals surface area contributed by atoms with Crippen LogP contribution < -0.4 is 4.74 Å². The predicted octanol–water partition coefficient (Wildman–Crippen LogP) is 3.45. The van der Waals surface area contributed by atoms with Gasteiger partial charge in [-0.3, -0.25) is 4.90 Å². The minimum Gasteiger partial charge on any atom is -0.496 e. The van der Waals surface area contributed by atoms with Crippen LogP contribution in [-0.2, 0) is 0 Å². The lowest BCUT2D eigenvalue weighted by atomic mass is 9.83. The summed E-state index contributed by atoms with van der Waals surface area (Å²) >= 11 is 0. The lowest BCUT2D eigenvalue weighted by molar-refractivity contribution is -0.0206. The molecule has 1 saturated carbocycles. The van der Waals surface area contributed by atoms with Crippen LogP contribution in [0, 0.1) is 6.92 Å². The summed E-state index contributed by atoms with van der Waals surface area (Å²) in [4.78, 5) is 2.55. The van der Waals surface area contributed by atoms with Gasteiger partial charge in [0.1, 0.15) is 11.9 Å². The zero-order chi connectivity index (χ0) is 14.9. The van der Waals surface area contributed by atoms with Crippen molar-refractivity contribution in [1.82, 2.24) is 4.90 Å². The molecule has 1 atom stereocenters. The minimum atomic E-state index is -0.451. The van der Waals surface area contributed by atoms with Gasteiger partial charge < -0.3 is 9.84 Å². The molecule has 1 unspecified atom stereocenters. The van der Waals surface area contributed by atoms with Crippen molar-refractivity contribution in [2.45, 2.75) is 57.1 Å². The van der Waals surface area contributed by atoms with Crippen molar-refractivity contribution < 1.29 is 9.84 Å². The standard InChI is InChI=1S/C18H27NO2/c1-14-7-8-16(21-2)15(13-14)17(20)18(9-3-4-10-18)19-11-5-6-12-19/h7-8,13,17,20H,3-6,9-12H2,1-2H3. The highest BCUT2D eigenvalue weighted by Gasteiger charge is 2.47. The molecule has 2 aliphatic rings. The lowest BCUT2D eigenvalue weighted by Gasteiger charge is -2.43. The molecule has 3 rings (SSSR count). The van der Waals surface area contributed by atoms with E-state index in [1.165, 1.54) is 31.2 Å². The number of aliphatic hydroxyl groups is 1. The Morgan fingerprint density at radius 2 is 1.81 bits per heavy atom. The summed E-state index contributed by atoms with van der Waals surface area (Å²) in [6.45, 7) is 4.34. The number of hydrogen-bond donors (Lipinski definition) is 1. The van der Waals surface area contributed by atoms with Crippen LogP contribution in [-0.4, -0.2) is 35.7 Å². The van der Waals surface area contributed by atoms with Crippen molar-refractivity contribution >= 4 is 0 Å².